The highest BCUT2D eigenvalue weighted by atomic mass is 16.3. The summed E-state index contributed by atoms with van der Waals surface area (Å²) in [5.41, 5.74) is 3.28. The van der Waals surface area contributed by atoms with Crippen LogP contribution in [0.1, 0.15) is 22.7 Å². The van der Waals surface area contributed by atoms with Gasteiger partial charge in [-0.1, -0.05) is 42.5 Å². The fourth-order valence-electron chi connectivity index (χ4n) is 3.89. The highest BCUT2D eigenvalue weighted by Crippen LogP contribution is 2.21. The zero-order chi connectivity index (χ0) is 20.2. The van der Waals surface area contributed by atoms with Gasteiger partial charge in [-0.15, -0.1) is 0 Å². The van der Waals surface area contributed by atoms with E-state index in [2.05, 4.69) is 52.5 Å². The lowest BCUT2D eigenvalue weighted by Gasteiger charge is -2.25. The number of fused-ring (bicyclic) bond motifs is 1. The molecule has 29 heavy (non-hydrogen) atoms. The van der Waals surface area contributed by atoms with Crippen LogP contribution in [0.15, 0.2) is 71.3 Å². The van der Waals surface area contributed by atoms with Gasteiger partial charge in [-0.2, -0.15) is 5.10 Å². The Morgan fingerprint density at radius 2 is 1.86 bits per heavy atom. The Labute approximate surface area is 171 Å². The number of nitrogens with zero attached hydrogens (tertiary/aromatic N) is 3. The summed E-state index contributed by atoms with van der Waals surface area (Å²) in [5.74, 6) is 0.892. The third-order valence-electron chi connectivity index (χ3n) is 5.19. The molecule has 1 unspecified atom stereocenters. The number of aliphatic hydroxyl groups is 1. The molecule has 0 aliphatic carbocycles. The van der Waals surface area contributed by atoms with E-state index in [-0.39, 0.29) is 0 Å². The predicted molar refractivity (Wildman–Crippen MR) is 114 cm³/mol. The van der Waals surface area contributed by atoms with Gasteiger partial charge in [0.1, 0.15) is 5.76 Å². The molecule has 0 fully saturated rings. The van der Waals surface area contributed by atoms with Crippen LogP contribution in [0.5, 0.6) is 0 Å². The van der Waals surface area contributed by atoms with Crippen LogP contribution < -0.4 is 0 Å². The number of rotatable bonds is 8. The second kappa shape index (κ2) is 8.64. The van der Waals surface area contributed by atoms with Gasteiger partial charge in [-0.25, -0.2) is 0 Å². The van der Waals surface area contributed by atoms with Gasteiger partial charge in [-0.3, -0.25) is 9.58 Å². The molecule has 0 bridgehead atoms. The fraction of sp³-hybridized carbons (Fsp3) is 0.292. The molecule has 4 aromatic rings. The largest absolute Gasteiger partial charge is 0.468 e. The molecule has 0 radical (unpaired) electrons. The monoisotopic (exact) mass is 389 g/mol. The number of aromatic nitrogens is 2. The summed E-state index contributed by atoms with van der Waals surface area (Å²) < 4.78 is 7.45. The standard InChI is InChI=1S/C24H27N3O2/c1-18-13-19(2)27(25-18)16-22(28)15-26(17-23-10-6-12-29-23)14-21-9-5-8-20-7-3-4-11-24(20)21/h3-13,22,28H,14-17H2,1-2H3. The topological polar surface area (TPSA) is 54.4 Å². The Balaban J connectivity index is 1.53. The van der Waals surface area contributed by atoms with E-state index >= 15 is 0 Å². The third kappa shape index (κ3) is 4.75. The van der Waals surface area contributed by atoms with Crippen LogP contribution in [0.3, 0.4) is 0 Å². The van der Waals surface area contributed by atoms with Crippen molar-refractivity contribution in [2.45, 2.75) is 39.6 Å². The molecule has 2 aromatic carbocycles. The molecule has 4 rings (SSSR count). The number of hydrogen-bond donors (Lipinski definition) is 1. The quantitative estimate of drug-likeness (QED) is 0.488. The highest BCUT2D eigenvalue weighted by Gasteiger charge is 2.17. The van der Waals surface area contributed by atoms with Crippen LogP contribution in [-0.4, -0.2) is 32.4 Å². The first-order valence-corrected chi connectivity index (χ1v) is 9.99. The molecular formula is C24H27N3O2. The molecule has 0 amide bonds. The summed E-state index contributed by atoms with van der Waals surface area (Å²) in [6, 6.07) is 20.7. The third-order valence-corrected chi connectivity index (χ3v) is 5.19. The van der Waals surface area contributed by atoms with Crippen molar-refractivity contribution in [1.82, 2.24) is 14.7 Å². The Morgan fingerprint density at radius 3 is 2.62 bits per heavy atom. The second-order valence-electron chi connectivity index (χ2n) is 7.65. The van der Waals surface area contributed by atoms with E-state index in [9.17, 15) is 5.11 Å². The van der Waals surface area contributed by atoms with Crippen molar-refractivity contribution in [2.75, 3.05) is 6.54 Å². The van der Waals surface area contributed by atoms with Crippen LogP contribution in [0.25, 0.3) is 10.8 Å². The molecule has 150 valence electrons. The molecule has 5 heteroatoms. The molecule has 0 spiro atoms. The van der Waals surface area contributed by atoms with Crippen LogP contribution in [0.4, 0.5) is 0 Å². The average Bonchev–Trinajstić information content (AvgIpc) is 3.31. The summed E-state index contributed by atoms with van der Waals surface area (Å²) >= 11 is 0. The first-order chi connectivity index (χ1) is 14.1. The van der Waals surface area contributed by atoms with E-state index in [4.69, 9.17) is 4.42 Å². The maximum atomic E-state index is 10.8. The molecule has 5 nitrogen and oxygen atoms in total. The molecule has 2 aromatic heterocycles. The van der Waals surface area contributed by atoms with E-state index in [1.54, 1.807) is 6.26 Å². The Bertz CT molecular complexity index is 1060. The number of hydrogen-bond acceptors (Lipinski definition) is 4. The van der Waals surface area contributed by atoms with Gasteiger partial charge >= 0.3 is 0 Å². The van der Waals surface area contributed by atoms with Gasteiger partial charge in [-0.05, 0) is 48.4 Å². The summed E-state index contributed by atoms with van der Waals surface area (Å²) in [7, 11) is 0. The van der Waals surface area contributed by atoms with Crippen molar-refractivity contribution in [3.63, 3.8) is 0 Å². The van der Waals surface area contributed by atoms with E-state index in [1.807, 2.05) is 36.7 Å². The van der Waals surface area contributed by atoms with Gasteiger partial charge in [0.25, 0.3) is 0 Å². The molecule has 0 aliphatic heterocycles. The zero-order valence-corrected chi connectivity index (χ0v) is 17.0. The maximum Gasteiger partial charge on any atom is 0.117 e. The Hall–Kier alpha value is -2.89. The van der Waals surface area contributed by atoms with Crippen molar-refractivity contribution in [1.29, 1.82) is 0 Å². The van der Waals surface area contributed by atoms with E-state index in [0.29, 0.717) is 19.6 Å². The van der Waals surface area contributed by atoms with Gasteiger partial charge in [0.05, 0.1) is 31.2 Å². The van der Waals surface area contributed by atoms with Crippen LogP contribution >= 0.6 is 0 Å². The van der Waals surface area contributed by atoms with Gasteiger partial charge in [0.2, 0.25) is 0 Å². The van der Waals surface area contributed by atoms with Crippen LogP contribution in [0.2, 0.25) is 0 Å². The van der Waals surface area contributed by atoms with Crippen molar-refractivity contribution in [3.05, 3.63) is 89.6 Å². The number of benzene rings is 2. The lowest BCUT2D eigenvalue weighted by Crippen LogP contribution is -2.34. The van der Waals surface area contributed by atoms with Gasteiger partial charge in [0, 0.05) is 18.8 Å². The van der Waals surface area contributed by atoms with Gasteiger partial charge < -0.3 is 9.52 Å². The lowest BCUT2D eigenvalue weighted by atomic mass is 10.0. The van der Waals surface area contributed by atoms with E-state index in [0.717, 1.165) is 23.7 Å². The van der Waals surface area contributed by atoms with Crippen molar-refractivity contribution < 1.29 is 9.52 Å². The molecule has 1 N–H and O–H groups in total. The molecule has 0 aliphatic rings. The maximum absolute atomic E-state index is 10.8. The molecule has 1 atom stereocenters. The molecule has 2 heterocycles. The normalized spacial score (nSPS) is 12.7. The Morgan fingerprint density at radius 1 is 1.03 bits per heavy atom. The zero-order valence-electron chi connectivity index (χ0n) is 17.0. The first-order valence-electron chi connectivity index (χ1n) is 9.99. The van der Waals surface area contributed by atoms with E-state index < -0.39 is 6.10 Å². The molecule has 0 saturated carbocycles. The smallest absolute Gasteiger partial charge is 0.117 e. The second-order valence-corrected chi connectivity index (χ2v) is 7.65. The predicted octanol–water partition coefficient (Wildman–Crippen LogP) is 4.31. The summed E-state index contributed by atoms with van der Waals surface area (Å²) in [4.78, 5) is 2.23. The van der Waals surface area contributed by atoms with Crippen molar-refractivity contribution in [3.8, 4) is 0 Å². The highest BCUT2D eigenvalue weighted by molar-refractivity contribution is 5.85. The Kier molecular flexibility index (Phi) is 5.79. The SMILES string of the molecule is Cc1cc(C)n(CC(O)CN(Cc2ccco2)Cc2cccc3ccccc23)n1. The number of aryl methyl sites for hydroxylation is 2. The van der Waals surface area contributed by atoms with Crippen LogP contribution in [0, 0.1) is 13.8 Å². The minimum atomic E-state index is -0.530. The summed E-state index contributed by atoms with van der Waals surface area (Å²) in [5, 5.41) is 17.7. The van der Waals surface area contributed by atoms with Crippen LogP contribution in [-0.2, 0) is 19.6 Å². The number of aliphatic hydroxyl groups excluding tert-OH is 1. The summed E-state index contributed by atoms with van der Waals surface area (Å²) in [6.45, 7) is 6.37. The minimum Gasteiger partial charge on any atom is -0.468 e. The first kappa shape index (κ1) is 19.4. The molecule has 0 saturated heterocycles. The van der Waals surface area contributed by atoms with Crippen molar-refractivity contribution >= 4 is 10.8 Å². The average molecular weight is 389 g/mol. The minimum absolute atomic E-state index is 0.476. The number of furan rings is 1. The van der Waals surface area contributed by atoms with Crippen molar-refractivity contribution in [2.24, 2.45) is 0 Å². The lowest BCUT2D eigenvalue weighted by molar-refractivity contribution is 0.0841. The summed E-state index contributed by atoms with van der Waals surface area (Å²) in [6.07, 6.45) is 1.16. The fourth-order valence-corrected chi connectivity index (χ4v) is 3.89. The van der Waals surface area contributed by atoms with Gasteiger partial charge in [0.15, 0.2) is 0 Å². The van der Waals surface area contributed by atoms with E-state index in [1.165, 1.54) is 16.3 Å². The molecular weight excluding hydrogens is 362 g/mol.